The molecule has 0 radical (unpaired) electrons. The molecule has 2 aromatic rings. The lowest BCUT2D eigenvalue weighted by molar-refractivity contribution is 0.102. The molecule has 1 unspecified atom stereocenters. The van der Waals surface area contributed by atoms with Crippen LogP contribution >= 0.6 is 11.6 Å². The lowest BCUT2D eigenvalue weighted by atomic mass is 10.1. The Bertz CT molecular complexity index is 689. The number of hydrogen-bond acceptors (Lipinski definition) is 2. The van der Waals surface area contributed by atoms with Crippen molar-refractivity contribution >= 4 is 28.2 Å². The molecule has 0 fully saturated rings. The average molecular weight is 315 g/mol. The lowest BCUT2D eigenvalue weighted by Gasteiger charge is -2.03. The summed E-state index contributed by atoms with van der Waals surface area (Å²) >= 11 is 5.59. The van der Waals surface area contributed by atoms with Crippen molar-refractivity contribution in [2.45, 2.75) is 4.90 Å². The van der Waals surface area contributed by atoms with Crippen LogP contribution in [0.15, 0.2) is 47.4 Å². The van der Waals surface area contributed by atoms with Crippen molar-refractivity contribution < 1.29 is 17.8 Å². The second-order valence-corrected chi connectivity index (χ2v) is 5.86. The van der Waals surface area contributed by atoms with Gasteiger partial charge in [-0.25, -0.2) is 8.78 Å². The fraction of sp³-hybridized carbons (Fsp3) is 0.0714. The Morgan fingerprint density at radius 1 is 1.15 bits per heavy atom. The molecule has 0 N–H and O–H groups in total. The topological polar surface area (TPSA) is 34.1 Å². The molecule has 104 valence electrons. The van der Waals surface area contributed by atoms with Crippen molar-refractivity contribution in [3.05, 3.63) is 64.7 Å². The number of Topliss-reactive ketones (excluding diaryl/α,β-unsaturated/α-hetero) is 1. The lowest BCUT2D eigenvalue weighted by Crippen LogP contribution is -2.11. The van der Waals surface area contributed by atoms with E-state index in [9.17, 15) is 17.8 Å². The zero-order chi connectivity index (χ0) is 14.7. The molecular weight excluding hydrogens is 306 g/mol. The fourth-order valence-corrected chi connectivity index (χ4v) is 2.85. The Kier molecular flexibility index (Phi) is 4.62. The van der Waals surface area contributed by atoms with Crippen molar-refractivity contribution in [2.75, 3.05) is 5.75 Å². The maximum absolute atomic E-state index is 13.0. The van der Waals surface area contributed by atoms with Gasteiger partial charge in [0, 0.05) is 10.5 Å². The largest absolute Gasteiger partial charge is 0.293 e. The van der Waals surface area contributed by atoms with Crippen LogP contribution in [0.4, 0.5) is 8.78 Å². The summed E-state index contributed by atoms with van der Waals surface area (Å²) in [6.45, 7) is 0. The van der Waals surface area contributed by atoms with Crippen LogP contribution in [-0.2, 0) is 10.8 Å². The highest BCUT2D eigenvalue weighted by Gasteiger charge is 2.14. The van der Waals surface area contributed by atoms with E-state index >= 15 is 0 Å². The highest BCUT2D eigenvalue weighted by molar-refractivity contribution is 7.85. The SMILES string of the molecule is O=C(CS(=O)c1ccc(F)c(Cl)c1)c1cccc(F)c1. The molecule has 20 heavy (non-hydrogen) atoms. The molecule has 1 atom stereocenters. The predicted molar refractivity (Wildman–Crippen MR) is 73.4 cm³/mol. The second kappa shape index (κ2) is 6.24. The van der Waals surface area contributed by atoms with Crippen LogP contribution in [0.1, 0.15) is 10.4 Å². The molecule has 2 rings (SSSR count). The summed E-state index contributed by atoms with van der Waals surface area (Å²) in [5, 5.41) is -0.158. The van der Waals surface area contributed by atoms with Gasteiger partial charge in [-0.3, -0.25) is 9.00 Å². The number of ketones is 1. The van der Waals surface area contributed by atoms with E-state index in [4.69, 9.17) is 11.6 Å². The molecular formula is C14H9ClF2O2S. The van der Waals surface area contributed by atoms with Gasteiger partial charge >= 0.3 is 0 Å². The molecule has 2 nitrogen and oxygen atoms in total. The fourth-order valence-electron chi connectivity index (χ4n) is 1.57. The first-order chi connectivity index (χ1) is 9.47. The Morgan fingerprint density at radius 2 is 1.90 bits per heavy atom. The van der Waals surface area contributed by atoms with Crippen molar-refractivity contribution in [1.82, 2.24) is 0 Å². The smallest absolute Gasteiger partial charge is 0.175 e. The molecule has 0 aromatic heterocycles. The van der Waals surface area contributed by atoms with E-state index < -0.39 is 28.2 Å². The molecule has 6 heteroatoms. The standard InChI is InChI=1S/C14H9ClF2O2S/c15-12-7-11(4-5-13(12)17)20(19)8-14(18)9-2-1-3-10(16)6-9/h1-7H,8H2. The van der Waals surface area contributed by atoms with E-state index in [0.29, 0.717) is 0 Å². The predicted octanol–water partition coefficient (Wildman–Crippen LogP) is 3.61. The third kappa shape index (κ3) is 3.49. The van der Waals surface area contributed by atoms with E-state index in [1.54, 1.807) is 0 Å². The van der Waals surface area contributed by atoms with Crippen LogP contribution in [-0.4, -0.2) is 15.7 Å². The summed E-state index contributed by atoms with van der Waals surface area (Å²) in [7, 11) is -1.66. The quantitative estimate of drug-likeness (QED) is 0.808. The minimum atomic E-state index is -1.66. The van der Waals surface area contributed by atoms with Crippen LogP contribution in [0.3, 0.4) is 0 Å². The average Bonchev–Trinajstić information content (AvgIpc) is 2.41. The van der Waals surface area contributed by atoms with Gasteiger partial charge in [-0.1, -0.05) is 23.7 Å². The van der Waals surface area contributed by atoms with Gasteiger partial charge in [0.1, 0.15) is 11.6 Å². The normalized spacial score (nSPS) is 12.2. The van der Waals surface area contributed by atoms with Crippen molar-refractivity contribution in [2.24, 2.45) is 0 Å². The summed E-state index contributed by atoms with van der Waals surface area (Å²) in [6.07, 6.45) is 0. The van der Waals surface area contributed by atoms with E-state index in [1.165, 1.54) is 30.3 Å². The maximum Gasteiger partial charge on any atom is 0.175 e. The summed E-state index contributed by atoms with van der Waals surface area (Å²) in [4.78, 5) is 12.1. The van der Waals surface area contributed by atoms with Gasteiger partial charge in [0.05, 0.1) is 21.6 Å². The van der Waals surface area contributed by atoms with Gasteiger partial charge in [0.15, 0.2) is 5.78 Å². The van der Waals surface area contributed by atoms with Crippen LogP contribution in [0, 0.1) is 11.6 Å². The van der Waals surface area contributed by atoms with Gasteiger partial charge in [0.2, 0.25) is 0 Å². The third-order valence-electron chi connectivity index (χ3n) is 2.56. The molecule has 0 bridgehead atoms. The Hall–Kier alpha value is -1.59. The highest BCUT2D eigenvalue weighted by Crippen LogP contribution is 2.19. The Morgan fingerprint density at radius 3 is 2.55 bits per heavy atom. The number of benzene rings is 2. The molecule has 0 aliphatic rings. The minimum Gasteiger partial charge on any atom is -0.293 e. The first-order valence-electron chi connectivity index (χ1n) is 5.59. The molecule has 0 spiro atoms. The van der Waals surface area contributed by atoms with Crippen molar-refractivity contribution in [3.63, 3.8) is 0 Å². The van der Waals surface area contributed by atoms with Gasteiger partial charge < -0.3 is 0 Å². The zero-order valence-electron chi connectivity index (χ0n) is 10.1. The van der Waals surface area contributed by atoms with Crippen LogP contribution in [0.2, 0.25) is 5.02 Å². The highest BCUT2D eigenvalue weighted by atomic mass is 35.5. The number of halogens is 3. The summed E-state index contributed by atoms with van der Waals surface area (Å²) < 4.78 is 38.0. The summed E-state index contributed by atoms with van der Waals surface area (Å²) in [6, 6.07) is 8.75. The molecule has 0 aliphatic carbocycles. The molecule has 0 amide bonds. The van der Waals surface area contributed by atoms with Crippen molar-refractivity contribution in [1.29, 1.82) is 0 Å². The molecule has 0 heterocycles. The Labute approximate surface area is 121 Å². The first kappa shape index (κ1) is 14.8. The molecule has 2 aromatic carbocycles. The monoisotopic (exact) mass is 314 g/mol. The molecule has 0 saturated heterocycles. The van der Waals surface area contributed by atoms with E-state index in [0.717, 1.165) is 12.1 Å². The van der Waals surface area contributed by atoms with Gasteiger partial charge in [0.25, 0.3) is 0 Å². The van der Waals surface area contributed by atoms with Crippen LogP contribution in [0.5, 0.6) is 0 Å². The number of carbonyl (C=O) groups is 1. The third-order valence-corrected chi connectivity index (χ3v) is 4.16. The Balaban J connectivity index is 2.15. The van der Waals surface area contributed by atoms with Gasteiger partial charge in [-0.2, -0.15) is 0 Å². The van der Waals surface area contributed by atoms with E-state index in [2.05, 4.69) is 0 Å². The molecule has 0 saturated carbocycles. The minimum absolute atomic E-state index is 0.145. The maximum atomic E-state index is 13.0. The van der Waals surface area contributed by atoms with Crippen LogP contribution < -0.4 is 0 Å². The van der Waals surface area contributed by atoms with Gasteiger partial charge in [-0.05, 0) is 30.3 Å². The second-order valence-electron chi connectivity index (χ2n) is 4.00. The van der Waals surface area contributed by atoms with Crippen LogP contribution in [0.25, 0.3) is 0 Å². The zero-order valence-corrected chi connectivity index (χ0v) is 11.7. The first-order valence-corrected chi connectivity index (χ1v) is 7.29. The van der Waals surface area contributed by atoms with Gasteiger partial charge in [-0.15, -0.1) is 0 Å². The van der Waals surface area contributed by atoms with E-state index in [1.807, 2.05) is 0 Å². The number of rotatable bonds is 4. The van der Waals surface area contributed by atoms with Crippen molar-refractivity contribution in [3.8, 4) is 0 Å². The number of hydrogen-bond donors (Lipinski definition) is 0. The molecule has 0 aliphatic heterocycles. The summed E-state index contributed by atoms with van der Waals surface area (Å²) in [5.41, 5.74) is 0.145. The summed E-state index contributed by atoms with van der Waals surface area (Å²) in [5.74, 6) is -1.93. The number of carbonyl (C=O) groups excluding carboxylic acids is 1. The van der Waals surface area contributed by atoms with E-state index in [-0.39, 0.29) is 21.2 Å².